The molecular formula is C8H5BF7K. The van der Waals surface area contributed by atoms with Gasteiger partial charge < -0.3 is 12.9 Å². The van der Waals surface area contributed by atoms with Gasteiger partial charge in [0.2, 0.25) is 0 Å². The Morgan fingerprint density at radius 2 is 1.59 bits per heavy atom. The Labute approximate surface area is 135 Å². The number of halogens is 7. The molecule has 0 fully saturated rings. The molecule has 0 atom stereocenters. The number of hydrogen-bond acceptors (Lipinski definition) is 0. The van der Waals surface area contributed by atoms with Gasteiger partial charge in [-0.05, 0) is 17.7 Å². The molecule has 0 amide bonds. The molecule has 0 nitrogen and oxygen atoms in total. The Morgan fingerprint density at radius 3 is 2.00 bits per heavy atom. The molecule has 9 heteroatoms. The van der Waals surface area contributed by atoms with E-state index in [1.807, 2.05) is 0 Å². The van der Waals surface area contributed by atoms with E-state index < -0.39 is 36.4 Å². The van der Waals surface area contributed by atoms with Crippen LogP contribution in [0, 0.1) is 5.82 Å². The van der Waals surface area contributed by atoms with E-state index in [9.17, 15) is 30.5 Å². The van der Waals surface area contributed by atoms with Crippen molar-refractivity contribution in [3.05, 3.63) is 35.1 Å². The Hall–Kier alpha value is 0.431. The molecule has 0 aliphatic heterocycles. The number of alkyl halides is 3. The van der Waals surface area contributed by atoms with Gasteiger partial charge in [0, 0.05) is 0 Å². The maximum absolute atomic E-state index is 12.9. The molecule has 0 unspecified atom stereocenters. The van der Waals surface area contributed by atoms with Crippen LogP contribution in [0.15, 0.2) is 18.2 Å². The molecule has 0 aromatic heterocycles. The van der Waals surface area contributed by atoms with Crippen molar-refractivity contribution in [2.45, 2.75) is 12.5 Å². The third kappa shape index (κ3) is 5.29. The molecule has 1 rings (SSSR count). The summed E-state index contributed by atoms with van der Waals surface area (Å²) in [5.41, 5.74) is -2.92. The molecule has 17 heavy (non-hydrogen) atoms. The van der Waals surface area contributed by atoms with E-state index in [0.717, 1.165) is 6.07 Å². The normalized spacial score (nSPS) is 12.2. The van der Waals surface area contributed by atoms with Gasteiger partial charge in [-0.1, -0.05) is 12.4 Å². The van der Waals surface area contributed by atoms with Crippen molar-refractivity contribution in [3.63, 3.8) is 0 Å². The van der Waals surface area contributed by atoms with E-state index >= 15 is 0 Å². The van der Waals surface area contributed by atoms with Crippen molar-refractivity contribution in [2.75, 3.05) is 0 Å². The largest absolute Gasteiger partial charge is 1.00 e. The maximum atomic E-state index is 12.9. The Morgan fingerprint density at radius 1 is 1.06 bits per heavy atom. The fourth-order valence-electron chi connectivity index (χ4n) is 1.26. The first kappa shape index (κ1) is 17.4. The van der Waals surface area contributed by atoms with Crippen molar-refractivity contribution >= 4 is 6.98 Å². The average molecular weight is 284 g/mol. The first-order valence-electron chi connectivity index (χ1n) is 4.17. The Bertz CT molecular complexity index is 384. The minimum atomic E-state index is -5.51. The monoisotopic (exact) mass is 284 g/mol. The maximum Gasteiger partial charge on any atom is 1.00 e. The minimum Gasteiger partial charge on any atom is -0.449 e. The molecular weight excluding hydrogens is 279 g/mol. The molecule has 0 aliphatic carbocycles. The minimum absolute atomic E-state index is 0. The third-order valence-electron chi connectivity index (χ3n) is 1.86. The second-order valence-corrected chi connectivity index (χ2v) is 3.18. The van der Waals surface area contributed by atoms with Gasteiger partial charge >= 0.3 is 64.5 Å². The van der Waals surface area contributed by atoms with Crippen LogP contribution in [0.5, 0.6) is 0 Å². The predicted molar refractivity (Wildman–Crippen MR) is 44.2 cm³/mol. The van der Waals surface area contributed by atoms with Crippen LogP contribution < -0.4 is 51.4 Å². The average Bonchev–Trinajstić information content (AvgIpc) is 2.04. The van der Waals surface area contributed by atoms with E-state index in [0.29, 0.717) is 12.1 Å². The summed E-state index contributed by atoms with van der Waals surface area (Å²) in [6.45, 7) is -5.51. The molecule has 0 spiro atoms. The van der Waals surface area contributed by atoms with Gasteiger partial charge in [-0.15, -0.1) is 0 Å². The zero-order valence-corrected chi connectivity index (χ0v) is 11.8. The molecule has 90 valence electrons. The Balaban J connectivity index is 0.00000256. The quantitative estimate of drug-likeness (QED) is 0.556. The molecule has 0 radical (unpaired) electrons. The van der Waals surface area contributed by atoms with Crippen LogP contribution in [0.25, 0.3) is 0 Å². The van der Waals surface area contributed by atoms with Crippen molar-refractivity contribution in [1.82, 2.24) is 0 Å². The van der Waals surface area contributed by atoms with Crippen LogP contribution in [-0.4, -0.2) is 6.98 Å². The fraction of sp³-hybridized carbons (Fsp3) is 0.250. The van der Waals surface area contributed by atoms with Gasteiger partial charge in [0.25, 0.3) is 0 Å². The topological polar surface area (TPSA) is 0 Å². The van der Waals surface area contributed by atoms with Crippen LogP contribution in [0.3, 0.4) is 0 Å². The van der Waals surface area contributed by atoms with Crippen LogP contribution in [-0.2, 0) is 12.5 Å². The van der Waals surface area contributed by atoms with Crippen LogP contribution in [0.2, 0.25) is 0 Å². The molecule has 0 saturated heterocycles. The van der Waals surface area contributed by atoms with E-state index in [-0.39, 0.29) is 51.4 Å². The fourth-order valence-corrected chi connectivity index (χ4v) is 1.26. The molecule has 0 heterocycles. The molecule has 0 bridgehead atoms. The molecule has 1 aromatic carbocycles. The van der Waals surface area contributed by atoms with Crippen LogP contribution in [0.1, 0.15) is 11.1 Å². The zero-order valence-electron chi connectivity index (χ0n) is 8.66. The van der Waals surface area contributed by atoms with Gasteiger partial charge in [-0.3, -0.25) is 0 Å². The van der Waals surface area contributed by atoms with Crippen molar-refractivity contribution < 1.29 is 81.9 Å². The first-order chi connectivity index (χ1) is 7.11. The van der Waals surface area contributed by atoms with E-state index in [2.05, 4.69) is 0 Å². The molecule has 1 aromatic rings. The summed E-state index contributed by atoms with van der Waals surface area (Å²) in [7, 11) is 0. The summed E-state index contributed by atoms with van der Waals surface area (Å²) in [5, 5.41) is 0. The summed E-state index contributed by atoms with van der Waals surface area (Å²) < 4.78 is 85.8. The number of rotatable bonds is 2. The van der Waals surface area contributed by atoms with Crippen molar-refractivity contribution in [2.24, 2.45) is 0 Å². The summed E-state index contributed by atoms with van der Waals surface area (Å²) in [4.78, 5) is 0. The van der Waals surface area contributed by atoms with Gasteiger partial charge in [0.1, 0.15) is 5.82 Å². The van der Waals surface area contributed by atoms with Gasteiger partial charge in [0.05, 0.1) is 5.56 Å². The van der Waals surface area contributed by atoms with E-state index in [1.54, 1.807) is 0 Å². The van der Waals surface area contributed by atoms with Gasteiger partial charge in [0.15, 0.2) is 0 Å². The zero-order chi connectivity index (χ0) is 12.6. The van der Waals surface area contributed by atoms with E-state index in [1.165, 1.54) is 0 Å². The SMILES string of the molecule is Fc1cccc(C(F)(F)F)c1C[B-](F)(F)F.[K+]. The van der Waals surface area contributed by atoms with Gasteiger partial charge in [-0.2, -0.15) is 13.2 Å². The second kappa shape index (κ2) is 6.05. The summed E-state index contributed by atoms with van der Waals surface area (Å²) >= 11 is 0. The van der Waals surface area contributed by atoms with Crippen LogP contribution >= 0.6 is 0 Å². The summed E-state index contributed by atoms with van der Waals surface area (Å²) in [5.74, 6) is -1.49. The summed E-state index contributed by atoms with van der Waals surface area (Å²) in [6, 6.07) is 1.73. The molecule has 0 saturated carbocycles. The molecule has 0 aliphatic rings. The first-order valence-corrected chi connectivity index (χ1v) is 4.17. The Kier molecular flexibility index (Phi) is 6.20. The predicted octanol–water partition coefficient (Wildman–Crippen LogP) is 0.778. The third-order valence-corrected chi connectivity index (χ3v) is 1.86. The molecule has 0 N–H and O–H groups in total. The van der Waals surface area contributed by atoms with Gasteiger partial charge in [-0.25, -0.2) is 4.39 Å². The standard InChI is InChI=1S/C8H5BF7.K/c10-7-3-1-2-6(8(11,12)13)5(7)4-9(14,15)16;/h1-3H,4H2;/q-1;+1. The summed E-state index contributed by atoms with van der Waals surface area (Å²) in [6.07, 6.45) is -6.86. The number of benzene rings is 1. The smallest absolute Gasteiger partial charge is 0.449 e. The number of hydrogen-bond donors (Lipinski definition) is 0. The van der Waals surface area contributed by atoms with E-state index in [4.69, 9.17) is 0 Å². The van der Waals surface area contributed by atoms with Crippen molar-refractivity contribution in [3.8, 4) is 0 Å². The van der Waals surface area contributed by atoms with Crippen LogP contribution in [0.4, 0.5) is 30.5 Å². The second-order valence-electron chi connectivity index (χ2n) is 3.18. The van der Waals surface area contributed by atoms with Crippen molar-refractivity contribution in [1.29, 1.82) is 0 Å².